The van der Waals surface area contributed by atoms with Crippen LogP contribution < -0.4 is 22.5 Å². The smallest absolute Gasteiger partial charge is 0.354 e. The van der Waals surface area contributed by atoms with Crippen LogP contribution in [0.4, 0.5) is 5.82 Å². The summed E-state index contributed by atoms with van der Waals surface area (Å²) in [7, 11) is 1.74. The molecule has 3 heterocycles. The van der Waals surface area contributed by atoms with Crippen LogP contribution in [0.1, 0.15) is 31.2 Å². The zero-order chi connectivity index (χ0) is 23.4. The molecule has 2 aromatic rings. The van der Waals surface area contributed by atoms with Crippen LogP contribution in [0.2, 0.25) is 0 Å². The molecule has 5 rings (SSSR count). The molecule has 3 fully saturated rings. The van der Waals surface area contributed by atoms with Crippen molar-refractivity contribution in [1.82, 2.24) is 19.4 Å². The fraction of sp³-hybridized carbons (Fsp3) is 0.542. The summed E-state index contributed by atoms with van der Waals surface area (Å²) in [5.41, 5.74) is 13.8. The molecule has 5 N–H and O–H groups in total. The van der Waals surface area contributed by atoms with Crippen LogP contribution in [0, 0.1) is 5.41 Å². The van der Waals surface area contributed by atoms with Gasteiger partial charge in [-0.2, -0.15) is 4.98 Å². The lowest BCUT2D eigenvalue weighted by Crippen LogP contribution is -2.64. The number of nitrogens with one attached hydrogen (secondary N) is 1. The molecule has 1 spiro atoms. The summed E-state index contributed by atoms with van der Waals surface area (Å²) in [5, 5.41) is 2.87. The molecular weight excluding hydrogens is 418 g/mol. The number of nitrogens with two attached hydrogens (primary N) is 2. The predicted molar refractivity (Wildman–Crippen MR) is 129 cm³/mol. The summed E-state index contributed by atoms with van der Waals surface area (Å²) in [5.74, 6) is 0.575. The number of nitrogens with zero attached hydrogens (tertiary/aromatic N) is 4. The van der Waals surface area contributed by atoms with E-state index in [1.165, 1.54) is 5.56 Å². The molecule has 0 unspecified atom stereocenters. The van der Waals surface area contributed by atoms with Crippen molar-refractivity contribution < 1.29 is 4.79 Å². The minimum Gasteiger partial charge on any atom is -0.373 e. The number of carbonyl (C=O) groups is 1. The number of hydrogen-bond acceptors (Lipinski definition) is 7. The topological polar surface area (TPSA) is 123 Å². The summed E-state index contributed by atoms with van der Waals surface area (Å²) in [4.78, 5) is 30.4. The van der Waals surface area contributed by atoms with Crippen LogP contribution in [-0.2, 0) is 11.3 Å². The first-order valence-corrected chi connectivity index (χ1v) is 11.7. The van der Waals surface area contributed by atoms with Gasteiger partial charge >= 0.3 is 5.69 Å². The average molecular weight is 454 g/mol. The SMILES string of the molecule is CNc1ccn(-c2ccc(CN3CCC(N)CC3)cc2)c(=O)n1.NC1CC2(C1)CN(C=O)C2. The molecule has 0 bridgehead atoms. The Kier molecular flexibility index (Phi) is 7.11. The van der Waals surface area contributed by atoms with Crippen molar-refractivity contribution >= 4 is 12.2 Å². The van der Waals surface area contributed by atoms with E-state index in [0.717, 1.165) is 70.5 Å². The Hall–Kier alpha value is -2.75. The fourth-order valence-electron chi connectivity index (χ4n) is 5.07. The zero-order valence-corrected chi connectivity index (χ0v) is 19.3. The molecule has 3 aliphatic rings. The van der Waals surface area contributed by atoms with Crippen LogP contribution in [0.3, 0.4) is 0 Å². The number of carbonyl (C=O) groups excluding carboxylic acids is 1. The lowest BCUT2D eigenvalue weighted by Gasteiger charge is -2.57. The molecule has 2 saturated heterocycles. The maximum Gasteiger partial charge on any atom is 0.354 e. The molecule has 2 aliphatic heterocycles. The van der Waals surface area contributed by atoms with Crippen LogP contribution in [0.25, 0.3) is 5.69 Å². The van der Waals surface area contributed by atoms with E-state index in [9.17, 15) is 9.59 Å². The summed E-state index contributed by atoms with van der Waals surface area (Å²) in [6, 6.07) is 10.6. The maximum atomic E-state index is 12.0. The standard InChI is InChI=1S/C17H23N5O.C7H12N2O/c1-19-16-8-11-22(17(23)20-16)15-4-2-13(3-5-15)12-21-9-6-14(18)7-10-21;8-6-1-7(2-6)3-9(4-7)5-10/h2-5,8,11,14H,6-7,9-10,12,18H2,1H3,(H,19,20,23);5-6H,1-4,8H2. The van der Waals surface area contributed by atoms with E-state index in [1.54, 1.807) is 23.9 Å². The third kappa shape index (κ3) is 5.61. The molecule has 1 aromatic heterocycles. The highest BCUT2D eigenvalue weighted by Gasteiger charge is 2.50. The average Bonchev–Trinajstić information content (AvgIpc) is 2.78. The highest BCUT2D eigenvalue weighted by molar-refractivity contribution is 5.49. The monoisotopic (exact) mass is 453 g/mol. The molecule has 9 nitrogen and oxygen atoms in total. The van der Waals surface area contributed by atoms with Gasteiger partial charge in [0.1, 0.15) is 5.82 Å². The molecular formula is C24H35N7O2. The number of hydrogen-bond donors (Lipinski definition) is 3. The predicted octanol–water partition coefficient (Wildman–Crippen LogP) is 0.763. The van der Waals surface area contributed by atoms with Gasteiger partial charge in [0.2, 0.25) is 6.41 Å². The second-order valence-electron chi connectivity index (χ2n) is 9.67. The Labute approximate surface area is 194 Å². The molecule has 178 valence electrons. The molecule has 0 radical (unpaired) electrons. The number of likely N-dealkylation sites (tertiary alicyclic amines) is 2. The summed E-state index contributed by atoms with van der Waals surface area (Å²) in [6.45, 7) is 4.93. The minimum absolute atomic E-state index is 0.283. The third-order valence-electron chi connectivity index (χ3n) is 6.93. The molecule has 1 amide bonds. The van der Waals surface area contributed by atoms with Crippen molar-refractivity contribution in [3.8, 4) is 5.69 Å². The highest BCUT2D eigenvalue weighted by Crippen LogP contribution is 2.46. The van der Waals surface area contributed by atoms with Gasteiger partial charge < -0.3 is 21.7 Å². The number of amides is 1. The molecule has 0 atom stereocenters. The Morgan fingerprint density at radius 1 is 1.09 bits per heavy atom. The second kappa shape index (κ2) is 10.0. The number of piperidine rings is 1. The van der Waals surface area contributed by atoms with Gasteiger partial charge in [0.05, 0.1) is 5.69 Å². The maximum absolute atomic E-state index is 12.0. The summed E-state index contributed by atoms with van der Waals surface area (Å²) in [6.07, 6.45) is 7.04. The number of aromatic nitrogens is 2. The quantitative estimate of drug-likeness (QED) is 0.571. The van der Waals surface area contributed by atoms with E-state index in [0.29, 0.717) is 23.3 Å². The van der Waals surface area contributed by atoms with Crippen molar-refractivity contribution in [3.63, 3.8) is 0 Å². The lowest BCUT2D eigenvalue weighted by molar-refractivity contribution is -0.137. The third-order valence-corrected chi connectivity index (χ3v) is 6.93. The van der Waals surface area contributed by atoms with Crippen molar-refractivity contribution in [1.29, 1.82) is 0 Å². The van der Waals surface area contributed by atoms with Crippen LogP contribution in [-0.4, -0.2) is 71.1 Å². The van der Waals surface area contributed by atoms with Gasteiger partial charge in [0, 0.05) is 50.4 Å². The van der Waals surface area contributed by atoms with Crippen molar-refractivity contribution in [3.05, 3.63) is 52.6 Å². The van der Waals surface area contributed by atoms with E-state index in [-0.39, 0.29) is 5.69 Å². The molecule has 1 aliphatic carbocycles. The summed E-state index contributed by atoms with van der Waals surface area (Å²) >= 11 is 0. The Morgan fingerprint density at radius 2 is 1.76 bits per heavy atom. The minimum atomic E-state index is -0.283. The first-order chi connectivity index (χ1) is 15.9. The van der Waals surface area contributed by atoms with E-state index < -0.39 is 0 Å². The Morgan fingerprint density at radius 3 is 2.30 bits per heavy atom. The number of benzene rings is 1. The van der Waals surface area contributed by atoms with Gasteiger partial charge in [-0.15, -0.1) is 0 Å². The molecule has 1 saturated carbocycles. The van der Waals surface area contributed by atoms with Gasteiger partial charge in [-0.05, 0) is 62.5 Å². The fourth-order valence-corrected chi connectivity index (χ4v) is 5.07. The zero-order valence-electron chi connectivity index (χ0n) is 19.3. The lowest BCUT2D eigenvalue weighted by atomic mass is 9.61. The van der Waals surface area contributed by atoms with E-state index in [1.807, 2.05) is 17.0 Å². The van der Waals surface area contributed by atoms with Crippen LogP contribution >= 0.6 is 0 Å². The van der Waals surface area contributed by atoms with E-state index in [4.69, 9.17) is 11.5 Å². The van der Waals surface area contributed by atoms with Gasteiger partial charge in [-0.1, -0.05) is 12.1 Å². The van der Waals surface area contributed by atoms with Crippen LogP contribution in [0.5, 0.6) is 0 Å². The van der Waals surface area contributed by atoms with Crippen LogP contribution in [0.15, 0.2) is 41.3 Å². The first kappa shape index (κ1) is 23.4. The second-order valence-corrected chi connectivity index (χ2v) is 9.67. The molecule has 9 heteroatoms. The van der Waals surface area contributed by atoms with Gasteiger partial charge in [0.15, 0.2) is 0 Å². The molecule has 33 heavy (non-hydrogen) atoms. The van der Waals surface area contributed by atoms with E-state index in [2.05, 4.69) is 27.3 Å². The Balaban J connectivity index is 0.000000214. The largest absolute Gasteiger partial charge is 0.373 e. The normalized spacial score (nSPS) is 20.4. The number of rotatable bonds is 5. The van der Waals surface area contributed by atoms with Crippen molar-refractivity contribution in [2.24, 2.45) is 16.9 Å². The van der Waals surface area contributed by atoms with E-state index >= 15 is 0 Å². The first-order valence-electron chi connectivity index (χ1n) is 11.7. The number of anilines is 1. The van der Waals surface area contributed by atoms with Crippen molar-refractivity contribution in [2.75, 3.05) is 38.5 Å². The summed E-state index contributed by atoms with van der Waals surface area (Å²) < 4.78 is 1.55. The molecule has 1 aromatic carbocycles. The Bertz CT molecular complexity index is 985. The van der Waals surface area contributed by atoms with Gasteiger partial charge in [-0.3, -0.25) is 14.3 Å². The van der Waals surface area contributed by atoms with Gasteiger partial charge in [-0.25, -0.2) is 4.79 Å². The van der Waals surface area contributed by atoms with Gasteiger partial charge in [0.25, 0.3) is 0 Å². The highest BCUT2D eigenvalue weighted by atomic mass is 16.1. The van der Waals surface area contributed by atoms with Crippen molar-refractivity contribution in [2.45, 2.75) is 44.3 Å².